The third kappa shape index (κ3) is 5.97. The number of aromatic nitrogens is 5. The Kier molecular flexibility index (Phi) is 7.94. The van der Waals surface area contributed by atoms with Crippen molar-refractivity contribution in [2.75, 3.05) is 0 Å². The summed E-state index contributed by atoms with van der Waals surface area (Å²) in [5, 5.41) is 2.24. The van der Waals surface area contributed by atoms with Crippen molar-refractivity contribution in [3.8, 4) is 45.0 Å². The van der Waals surface area contributed by atoms with Gasteiger partial charge >= 0.3 is 0 Å². The Balaban J connectivity index is 1.09. The van der Waals surface area contributed by atoms with E-state index in [0.29, 0.717) is 17.6 Å². The fourth-order valence-corrected chi connectivity index (χ4v) is 7.24. The maximum absolute atomic E-state index is 5.11. The molecule has 244 valence electrons. The molecule has 2 atom stereocenters. The normalized spacial score (nSPS) is 17.0. The molecule has 5 nitrogen and oxygen atoms in total. The SMILES string of the molecule is CC1CC=CC=C1C1=CCC(c2nc(-c3ccc(-c4cccc5cccnc45)cc3)nc(-c3ccc(-c4cccc5cccnc45)cc3)n2)C=C1. The molecule has 4 aromatic carbocycles. The number of hydrogen-bond donors (Lipinski definition) is 0. The lowest BCUT2D eigenvalue weighted by atomic mass is 9.84. The van der Waals surface area contributed by atoms with Crippen molar-refractivity contribution in [1.82, 2.24) is 24.9 Å². The molecule has 0 bridgehead atoms. The van der Waals surface area contributed by atoms with Crippen LogP contribution >= 0.6 is 0 Å². The van der Waals surface area contributed by atoms with Crippen LogP contribution in [0.15, 0.2) is 169 Å². The lowest BCUT2D eigenvalue weighted by Crippen LogP contribution is -2.10. The first-order chi connectivity index (χ1) is 25.2. The molecule has 0 amide bonds. The molecule has 0 aliphatic heterocycles. The van der Waals surface area contributed by atoms with E-state index in [1.807, 2.05) is 24.5 Å². The van der Waals surface area contributed by atoms with Crippen molar-refractivity contribution in [3.63, 3.8) is 0 Å². The summed E-state index contributed by atoms with van der Waals surface area (Å²) in [6.07, 6.45) is 19.1. The Bertz CT molecular complexity index is 2390. The second kappa shape index (κ2) is 13.2. The highest BCUT2D eigenvalue weighted by molar-refractivity contribution is 5.94. The Labute approximate surface area is 297 Å². The topological polar surface area (TPSA) is 64.5 Å². The minimum atomic E-state index is 0.0475. The van der Waals surface area contributed by atoms with E-state index in [0.717, 1.165) is 73.9 Å². The highest BCUT2D eigenvalue weighted by Crippen LogP contribution is 2.35. The lowest BCUT2D eigenvalue weighted by molar-refractivity contribution is 0.690. The van der Waals surface area contributed by atoms with Gasteiger partial charge in [-0.2, -0.15) is 0 Å². The molecule has 51 heavy (non-hydrogen) atoms. The van der Waals surface area contributed by atoms with E-state index in [9.17, 15) is 0 Å². The smallest absolute Gasteiger partial charge is 0.163 e. The van der Waals surface area contributed by atoms with Gasteiger partial charge in [0.15, 0.2) is 11.6 Å². The highest BCUT2D eigenvalue weighted by Gasteiger charge is 2.21. The number of para-hydroxylation sites is 2. The zero-order chi connectivity index (χ0) is 34.1. The van der Waals surface area contributed by atoms with Crippen LogP contribution < -0.4 is 0 Å². The van der Waals surface area contributed by atoms with Gasteiger partial charge in [0.25, 0.3) is 0 Å². The molecule has 2 aliphatic carbocycles. The van der Waals surface area contributed by atoms with Crippen molar-refractivity contribution in [1.29, 1.82) is 0 Å². The molecule has 0 radical (unpaired) electrons. The summed E-state index contributed by atoms with van der Waals surface area (Å²) >= 11 is 0. The first kappa shape index (κ1) is 30.7. The molecule has 0 fully saturated rings. The predicted molar refractivity (Wildman–Crippen MR) is 208 cm³/mol. The molecule has 2 aliphatic rings. The molecule has 3 aromatic heterocycles. The first-order valence-corrected chi connectivity index (χ1v) is 17.6. The Morgan fingerprint density at radius 1 is 0.569 bits per heavy atom. The standard InChI is InChI=1S/C46H35N5/c1-30-8-2-3-13-39(30)31-16-22-36(23-17-31)44-49-45(37-24-18-32(19-25-37)40-14-4-9-34-11-6-28-47-42(34)40)51-46(50-44)38-26-20-33(21-27-38)41-15-5-10-35-12-7-29-48-43(35)41/h2-7,9-22,24-30,36H,8,23H2,1H3. The second-order valence-corrected chi connectivity index (χ2v) is 13.3. The number of pyridine rings is 2. The first-order valence-electron chi connectivity index (χ1n) is 17.6. The van der Waals surface area contributed by atoms with Gasteiger partial charge in [0.1, 0.15) is 5.82 Å². The molecule has 0 N–H and O–H groups in total. The third-order valence-corrected chi connectivity index (χ3v) is 10.0. The molecule has 7 aromatic rings. The summed E-state index contributed by atoms with van der Waals surface area (Å²) in [7, 11) is 0. The number of nitrogens with zero attached hydrogens (tertiary/aromatic N) is 5. The van der Waals surface area contributed by atoms with Crippen LogP contribution in [-0.2, 0) is 0 Å². The molecular formula is C46H35N5. The summed E-state index contributed by atoms with van der Waals surface area (Å²) in [6, 6.07) is 37.7. The van der Waals surface area contributed by atoms with E-state index in [1.165, 1.54) is 11.1 Å². The van der Waals surface area contributed by atoms with Gasteiger partial charge in [0.2, 0.25) is 0 Å². The highest BCUT2D eigenvalue weighted by atomic mass is 15.0. The summed E-state index contributed by atoms with van der Waals surface area (Å²) in [6.45, 7) is 2.30. The van der Waals surface area contributed by atoms with E-state index < -0.39 is 0 Å². The minimum Gasteiger partial charge on any atom is -0.256 e. The fourth-order valence-electron chi connectivity index (χ4n) is 7.24. The minimum absolute atomic E-state index is 0.0475. The molecule has 0 spiro atoms. The van der Waals surface area contributed by atoms with E-state index in [4.69, 9.17) is 15.0 Å². The van der Waals surface area contributed by atoms with Crippen LogP contribution in [0.3, 0.4) is 0 Å². The van der Waals surface area contributed by atoms with Gasteiger partial charge in [-0.25, -0.2) is 15.0 Å². The average Bonchev–Trinajstić information content (AvgIpc) is 3.21. The van der Waals surface area contributed by atoms with E-state index in [2.05, 4.69) is 150 Å². The van der Waals surface area contributed by atoms with Crippen molar-refractivity contribution in [2.45, 2.75) is 25.7 Å². The molecule has 0 saturated heterocycles. The number of benzene rings is 4. The van der Waals surface area contributed by atoms with Crippen LogP contribution in [0, 0.1) is 5.92 Å². The van der Waals surface area contributed by atoms with Crippen LogP contribution in [-0.4, -0.2) is 24.9 Å². The van der Waals surface area contributed by atoms with Crippen LogP contribution in [0.25, 0.3) is 66.8 Å². The lowest BCUT2D eigenvalue weighted by Gasteiger charge is -2.22. The van der Waals surface area contributed by atoms with Gasteiger partial charge in [-0.1, -0.05) is 140 Å². The van der Waals surface area contributed by atoms with E-state index >= 15 is 0 Å². The van der Waals surface area contributed by atoms with Crippen LogP contribution in [0.2, 0.25) is 0 Å². The van der Waals surface area contributed by atoms with Crippen LogP contribution in [0.4, 0.5) is 0 Å². The summed E-state index contributed by atoms with van der Waals surface area (Å²) < 4.78 is 0. The average molecular weight is 658 g/mol. The number of allylic oxidation sites excluding steroid dienone is 8. The van der Waals surface area contributed by atoms with Gasteiger partial charge in [0.05, 0.1) is 11.0 Å². The largest absolute Gasteiger partial charge is 0.256 e. The van der Waals surface area contributed by atoms with Gasteiger partial charge in [0, 0.05) is 51.3 Å². The summed E-state index contributed by atoms with van der Waals surface area (Å²) in [4.78, 5) is 24.6. The van der Waals surface area contributed by atoms with Gasteiger partial charge in [-0.3, -0.25) is 9.97 Å². The molecule has 3 heterocycles. The number of hydrogen-bond acceptors (Lipinski definition) is 5. The van der Waals surface area contributed by atoms with Crippen LogP contribution in [0.1, 0.15) is 31.5 Å². The monoisotopic (exact) mass is 657 g/mol. The van der Waals surface area contributed by atoms with Crippen LogP contribution in [0.5, 0.6) is 0 Å². The van der Waals surface area contributed by atoms with Gasteiger partial charge in [-0.15, -0.1) is 0 Å². The molecule has 0 saturated carbocycles. The van der Waals surface area contributed by atoms with Crippen molar-refractivity contribution >= 4 is 21.8 Å². The molecule has 2 unspecified atom stereocenters. The third-order valence-electron chi connectivity index (χ3n) is 10.0. The molecular weight excluding hydrogens is 623 g/mol. The van der Waals surface area contributed by atoms with Crippen molar-refractivity contribution in [3.05, 3.63) is 175 Å². The maximum atomic E-state index is 5.11. The zero-order valence-electron chi connectivity index (χ0n) is 28.3. The van der Waals surface area contributed by atoms with E-state index in [1.54, 1.807) is 0 Å². The van der Waals surface area contributed by atoms with Gasteiger partial charge < -0.3 is 0 Å². The quantitative estimate of drug-likeness (QED) is 0.178. The summed E-state index contributed by atoms with van der Waals surface area (Å²) in [5.41, 5.74) is 11.0. The Morgan fingerprint density at radius 3 is 1.65 bits per heavy atom. The number of rotatable bonds is 6. The predicted octanol–water partition coefficient (Wildman–Crippen LogP) is 11.1. The van der Waals surface area contributed by atoms with Crippen molar-refractivity contribution in [2.24, 2.45) is 5.92 Å². The Hall–Kier alpha value is -6.33. The van der Waals surface area contributed by atoms with E-state index in [-0.39, 0.29) is 5.92 Å². The molecule has 5 heteroatoms. The van der Waals surface area contributed by atoms with Gasteiger partial charge in [-0.05, 0) is 53.2 Å². The Morgan fingerprint density at radius 2 is 1.12 bits per heavy atom. The maximum Gasteiger partial charge on any atom is 0.163 e. The second-order valence-electron chi connectivity index (χ2n) is 13.3. The zero-order valence-corrected chi connectivity index (χ0v) is 28.3. The summed E-state index contributed by atoms with van der Waals surface area (Å²) in [5.74, 6) is 2.66. The van der Waals surface area contributed by atoms with Crippen molar-refractivity contribution < 1.29 is 0 Å². The fraction of sp³-hybridized carbons (Fsp3) is 0.109. The number of fused-ring (bicyclic) bond motifs is 2. The molecule has 9 rings (SSSR count).